The second-order valence-corrected chi connectivity index (χ2v) is 4.44. The fourth-order valence-corrected chi connectivity index (χ4v) is 1.15. The summed E-state index contributed by atoms with van der Waals surface area (Å²) in [7, 11) is 0. The van der Waals surface area contributed by atoms with Crippen LogP contribution in [0.1, 0.15) is 15.9 Å². The Hall–Kier alpha value is -0.770. The molecular weight excluding hydrogens is 235 g/mol. The van der Waals surface area contributed by atoms with E-state index in [1.54, 1.807) is 12.1 Å². The van der Waals surface area contributed by atoms with Crippen molar-refractivity contribution in [1.29, 1.82) is 0 Å². The van der Waals surface area contributed by atoms with Gasteiger partial charge in [-0.1, -0.05) is 40.9 Å². The maximum atomic E-state index is 11.6. The van der Waals surface area contributed by atoms with Crippen LogP contribution in [0.15, 0.2) is 24.3 Å². The molecule has 3 nitrogen and oxygen atoms in total. The van der Waals surface area contributed by atoms with Crippen LogP contribution in [0.5, 0.6) is 0 Å². The molecule has 0 aliphatic rings. The maximum absolute atomic E-state index is 11.6. The van der Waals surface area contributed by atoms with Gasteiger partial charge in [0.1, 0.15) is 0 Å². The lowest BCUT2D eigenvalue weighted by Gasteiger charge is -2.11. The number of nitrogens with one attached hydrogen (secondary N) is 1. The van der Waals surface area contributed by atoms with Crippen molar-refractivity contribution in [1.82, 2.24) is 5.32 Å². The van der Waals surface area contributed by atoms with Crippen molar-refractivity contribution >= 4 is 29.1 Å². The number of amides is 1. The molecule has 0 saturated carbocycles. The summed E-state index contributed by atoms with van der Waals surface area (Å²) < 4.78 is 0. The summed E-state index contributed by atoms with van der Waals surface area (Å²) >= 11 is 11.1. The number of benzene rings is 1. The molecule has 15 heavy (non-hydrogen) atoms. The van der Waals surface area contributed by atoms with E-state index in [-0.39, 0.29) is 5.91 Å². The molecule has 1 atom stereocenters. The van der Waals surface area contributed by atoms with Crippen LogP contribution in [0.25, 0.3) is 0 Å². The molecule has 0 aromatic heterocycles. The number of carbonyl (C=O) groups is 1. The lowest BCUT2D eigenvalue weighted by atomic mass is 10.1. The molecule has 1 aromatic carbocycles. The average molecular weight is 248 g/mol. The SMILES string of the molecule is Cc1ccc(C(=O)N[C@H]([NH3+])C(Cl)Cl)cc1. The van der Waals surface area contributed by atoms with Crippen molar-refractivity contribution in [2.45, 2.75) is 17.9 Å². The van der Waals surface area contributed by atoms with E-state index in [2.05, 4.69) is 11.1 Å². The Labute approximate surface area is 98.5 Å². The largest absolute Gasteiger partial charge is 0.336 e. The van der Waals surface area contributed by atoms with Gasteiger partial charge in [-0.05, 0) is 19.1 Å². The Morgan fingerprint density at radius 1 is 1.33 bits per heavy atom. The highest BCUT2D eigenvalue weighted by molar-refractivity contribution is 6.44. The van der Waals surface area contributed by atoms with Crippen LogP contribution in [0.4, 0.5) is 0 Å². The lowest BCUT2D eigenvalue weighted by molar-refractivity contribution is -0.420. The third kappa shape index (κ3) is 3.70. The van der Waals surface area contributed by atoms with Crippen LogP contribution < -0.4 is 11.1 Å². The van der Waals surface area contributed by atoms with E-state index in [4.69, 9.17) is 23.2 Å². The summed E-state index contributed by atoms with van der Waals surface area (Å²) in [5.74, 6) is -0.221. The molecule has 4 N–H and O–H groups in total. The molecule has 0 bridgehead atoms. The topological polar surface area (TPSA) is 56.7 Å². The summed E-state index contributed by atoms with van der Waals surface area (Å²) in [6.07, 6.45) is -0.512. The third-order valence-electron chi connectivity index (χ3n) is 1.93. The molecule has 0 aliphatic heterocycles. The molecular formula is C10H13Cl2N2O+. The number of rotatable bonds is 3. The van der Waals surface area contributed by atoms with E-state index in [0.29, 0.717) is 5.56 Å². The second kappa shape index (κ2) is 5.35. The number of quaternary nitrogens is 1. The molecule has 1 amide bonds. The van der Waals surface area contributed by atoms with Crippen LogP contribution in [0, 0.1) is 6.92 Å². The number of aryl methyl sites for hydroxylation is 1. The first kappa shape index (κ1) is 12.3. The van der Waals surface area contributed by atoms with E-state index in [0.717, 1.165) is 5.56 Å². The van der Waals surface area contributed by atoms with Gasteiger partial charge in [-0.3, -0.25) is 4.79 Å². The third-order valence-corrected chi connectivity index (χ3v) is 2.54. The van der Waals surface area contributed by atoms with Gasteiger partial charge in [0.05, 0.1) is 0 Å². The number of halogens is 2. The molecule has 0 unspecified atom stereocenters. The predicted molar refractivity (Wildman–Crippen MR) is 60.8 cm³/mol. The Kier molecular flexibility index (Phi) is 4.39. The molecule has 0 aliphatic carbocycles. The fraction of sp³-hybridized carbons (Fsp3) is 0.300. The van der Waals surface area contributed by atoms with E-state index < -0.39 is 11.0 Å². The molecule has 5 heteroatoms. The van der Waals surface area contributed by atoms with Crippen LogP contribution in [-0.2, 0) is 0 Å². The highest BCUT2D eigenvalue weighted by Crippen LogP contribution is 2.05. The minimum absolute atomic E-state index is 0.221. The summed E-state index contributed by atoms with van der Waals surface area (Å²) in [5.41, 5.74) is 5.30. The lowest BCUT2D eigenvalue weighted by Crippen LogP contribution is -2.71. The van der Waals surface area contributed by atoms with Gasteiger partial charge < -0.3 is 11.1 Å². The zero-order chi connectivity index (χ0) is 11.4. The first-order chi connectivity index (χ1) is 7.00. The van der Waals surface area contributed by atoms with E-state index in [9.17, 15) is 4.79 Å². The Morgan fingerprint density at radius 2 is 1.87 bits per heavy atom. The molecule has 1 rings (SSSR count). The van der Waals surface area contributed by atoms with Crippen LogP contribution in [0.2, 0.25) is 0 Å². The molecule has 0 fully saturated rings. The first-order valence-electron chi connectivity index (χ1n) is 4.49. The number of carbonyl (C=O) groups excluding carboxylic acids is 1. The van der Waals surface area contributed by atoms with E-state index in [1.807, 2.05) is 19.1 Å². The number of hydrogen-bond donors (Lipinski definition) is 2. The van der Waals surface area contributed by atoms with E-state index >= 15 is 0 Å². The van der Waals surface area contributed by atoms with Crippen molar-refractivity contribution in [3.8, 4) is 0 Å². The highest BCUT2D eigenvalue weighted by atomic mass is 35.5. The van der Waals surface area contributed by atoms with Gasteiger partial charge in [-0.15, -0.1) is 0 Å². The minimum Gasteiger partial charge on any atom is -0.336 e. The minimum atomic E-state index is -0.709. The molecule has 1 aromatic rings. The van der Waals surface area contributed by atoms with Gasteiger partial charge in [0.2, 0.25) is 0 Å². The van der Waals surface area contributed by atoms with Gasteiger partial charge in [0, 0.05) is 5.56 Å². The predicted octanol–water partition coefficient (Wildman–Crippen LogP) is 1.10. The highest BCUT2D eigenvalue weighted by Gasteiger charge is 2.18. The summed E-state index contributed by atoms with van der Waals surface area (Å²) in [4.78, 5) is 10.9. The van der Waals surface area contributed by atoms with Gasteiger partial charge in [-0.25, -0.2) is 0 Å². The molecule has 0 saturated heterocycles. The molecule has 82 valence electrons. The summed E-state index contributed by atoms with van der Waals surface area (Å²) in [6.45, 7) is 1.96. The second-order valence-electron chi connectivity index (χ2n) is 3.28. The Morgan fingerprint density at radius 3 is 2.33 bits per heavy atom. The number of hydrogen-bond acceptors (Lipinski definition) is 1. The quantitative estimate of drug-likeness (QED) is 0.610. The van der Waals surface area contributed by atoms with E-state index in [1.165, 1.54) is 0 Å². The van der Waals surface area contributed by atoms with Crippen molar-refractivity contribution in [2.75, 3.05) is 0 Å². The maximum Gasteiger partial charge on any atom is 0.255 e. The van der Waals surface area contributed by atoms with Crippen molar-refractivity contribution in [2.24, 2.45) is 0 Å². The zero-order valence-corrected chi connectivity index (χ0v) is 9.85. The van der Waals surface area contributed by atoms with Crippen LogP contribution in [-0.4, -0.2) is 16.9 Å². The van der Waals surface area contributed by atoms with Gasteiger partial charge in [-0.2, -0.15) is 0 Å². The summed E-state index contributed by atoms with van der Waals surface area (Å²) in [5, 5.41) is 2.60. The van der Waals surface area contributed by atoms with Crippen LogP contribution >= 0.6 is 23.2 Å². The number of alkyl halides is 2. The molecule has 0 radical (unpaired) electrons. The van der Waals surface area contributed by atoms with Crippen molar-refractivity contribution in [3.05, 3.63) is 35.4 Å². The smallest absolute Gasteiger partial charge is 0.255 e. The van der Waals surface area contributed by atoms with Gasteiger partial charge in [0.25, 0.3) is 5.91 Å². The van der Waals surface area contributed by atoms with Gasteiger partial charge in [0.15, 0.2) is 11.0 Å². The van der Waals surface area contributed by atoms with Gasteiger partial charge >= 0.3 is 0 Å². The molecule has 0 spiro atoms. The monoisotopic (exact) mass is 247 g/mol. The van der Waals surface area contributed by atoms with Crippen molar-refractivity contribution in [3.63, 3.8) is 0 Å². The van der Waals surface area contributed by atoms with Crippen molar-refractivity contribution < 1.29 is 10.5 Å². The zero-order valence-electron chi connectivity index (χ0n) is 8.34. The standard InChI is InChI=1S/C10H12Cl2N2O/c1-6-2-4-7(5-3-6)10(15)14-9(13)8(11)12/h2-5,8-9H,13H2,1H3,(H,14,15)/p+1/t9-/m0/s1. The normalized spacial score (nSPS) is 12.6. The molecule has 0 heterocycles. The Bertz CT molecular complexity index is 338. The van der Waals surface area contributed by atoms with Crippen LogP contribution in [0.3, 0.4) is 0 Å². The summed E-state index contributed by atoms with van der Waals surface area (Å²) in [6, 6.07) is 7.22. The first-order valence-corrected chi connectivity index (χ1v) is 5.37. The average Bonchev–Trinajstić information content (AvgIpc) is 2.18. The fourth-order valence-electron chi connectivity index (χ4n) is 1.02. The Balaban J connectivity index is 2.65.